The highest BCUT2D eigenvalue weighted by molar-refractivity contribution is 5.92. The van der Waals surface area contributed by atoms with Gasteiger partial charge in [-0.1, -0.05) is 35.5 Å². The molecule has 6 nitrogen and oxygen atoms in total. The van der Waals surface area contributed by atoms with Crippen LogP contribution in [0.1, 0.15) is 34.3 Å². The van der Waals surface area contributed by atoms with E-state index in [1.54, 1.807) is 31.2 Å². The van der Waals surface area contributed by atoms with Gasteiger partial charge in [0, 0.05) is 6.07 Å². The maximum Gasteiger partial charge on any atom is 0.305 e. The van der Waals surface area contributed by atoms with Crippen LogP contribution in [0, 0.1) is 6.92 Å². The van der Waals surface area contributed by atoms with E-state index in [0.717, 1.165) is 5.56 Å². The summed E-state index contributed by atoms with van der Waals surface area (Å²) < 4.78 is 4.83. The average molecular weight is 274 g/mol. The number of amides is 1. The monoisotopic (exact) mass is 274 g/mol. The number of hydrogen-bond donors (Lipinski definition) is 2. The summed E-state index contributed by atoms with van der Waals surface area (Å²) in [5.41, 5.74) is 0.859. The summed E-state index contributed by atoms with van der Waals surface area (Å²) in [6.45, 7) is 1.68. The number of carboxylic acids is 1. The lowest BCUT2D eigenvalue weighted by molar-refractivity contribution is -0.137. The van der Waals surface area contributed by atoms with Gasteiger partial charge in [0.2, 0.25) is 0 Å². The third kappa shape index (κ3) is 3.44. The number of carboxylic acid groups (broad SMARTS) is 1. The molecule has 2 N–H and O–H groups in total. The Balaban J connectivity index is 2.16. The van der Waals surface area contributed by atoms with E-state index < -0.39 is 17.9 Å². The molecule has 0 aliphatic carbocycles. The lowest BCUT2D eigenvalue weighted by Gasteiger charge is -2.16. The molecule has 1 amide bonds. The lowest BCUT2D eigenvalue weighted by Crippen LogP contribution is -2.30. The highest BCUT2D eigenvalue weighted by atomic mass is 16.5. The van der Waals surface area contributed by atoms with E-state index in [9.17, 15) is 9.59 Å². The standard InChI is InChI=1S/C14H14N2O4/c1-9-7-12(16-20-9)14(19)15-11(8-13(17)18)10-5-3-2-4-6-10/h2-7,11H,8H2,1H3,(H,15,19)(H,17,18). The van der Waals surface area contributed by atoms with Crippen LogP contribution in [0.5, 0.6) is 0 Å². The molecule has 0 aliphatic rings. The van der Waals surface area contributed by atoms with Gasteiger partial charge < -0.3 is 14.9 Å². The van der Waals surface area contributed by atoms with Crippen molar-refractivity contribution in [1.29, 1.82) is 0 Å². The van der Waals surface area contributed by atoms with E-state index in [-0.39, 0.29) is 12.1 Å². The quantitative estimate of drug-likeness (QED) is 0.869. The van der Waals surface area contributed by atoms with Crippen molar-refractivity contribution in [3.63, 3.8) is 0 Å². The zero-order chi connectivity index (χ0) is 14.5. The summed E-state index contributed by atoms with van der Waals surface area (Å²) in [4.78, 5) is 22.9. The van der Waals surface area contributed by atoms with Gasteiger partial charge in [0.05, 0.1) is 12.5 Å². The Labute approximate surface area is 115 Å². The summed E-state index contributed by atoms with van der Waals surface area (Å²) in [5, 5.41) is 15.2. The van der Waals surface area contributed by atoms with Crippen LogP contribution in [-0.4, -0.2) is 22.1 Å². The van der Waals surface area contributed by atoms with Crippen molar-refractivity contribution in [3.8, 4) is 0 Å². The fourth-order valence-corrected chi connectivity index (χ4v) is 1.82. The number of nitrogens with one attached hydrogen (secondary N) is 1. The van der Waals surface area contributed by atoms with Crippen LogP contribution in [0.2, 0.25) is 0 Å². The molecule has 2 rings (SSSR count). The van der Waals surface area contributed by atoms with E-state index in [4.69, 9.17) is 9.63 Å². The van der Waals surface area contributed by atoms with E-state index in [1.807, 2.05) is 6.07 Å². The molecule has 1 atom stereocenters. The van der Waals surface area contributed by atoms with Crippen molar-refractivity contribution < 1.29 is 19.2 Å². The van der Waals surface area contributed by atoms with Crippen molar-refractivity contribution in [2.45, 2.75) is 19.4 Å². The molecule has 0 saturated carbocycles. The number of benzene rings is 1. The smallest absolute Gasteiger partial charge is 0.305 e. The normalized spacial score (nSPS) is 11.8. The second-order valence-corrected chi connectivity index (χ2v) is 4.36. The maximum atomic E-state index is 12.0. The molecule has 1 aromatic carbocycles. The Hall–Kier alpha value is -2.63. The topological polar surface area (TPSA) is 92.4 Å². The van der Waals surface area contributed by atoms with Crippen LogP contribution in [0.4, 0.5) is 0 Å². The molecule has 104 valence electrons. The largest absolute Gasteiger partial charge is 0.481 e. The molecular formula is C14H14N2O4. The second-order valence-electron chi connectivity index (χ2n) is 4.36. The molecule has 0 bridgehead atoms. The molecule has 0 aliphatic heterocycles. The number of carbonyl (C=O) groups is 2. The minimum Gasteiger partial charge on any atom is -0.481 e. The Bertz CT molecular complexity index is 607. The fourth-order valence-electron chi connectivity index (χ4n) is 1.82. The predicted molar refractivity (Wildman–Crippen MR) is 70.1 cm³/mol. The van der Waals surface area contributed by atoms with Crippen LogP contribution >= 0.6 is 0 Å². The second kappa shape index (κ2) is 6.01. The third-order valence-electron chi connectivity index (χ3n) is 2.75. The number of nitrogens with zero attached hydrogens (tertiary/aromatic N) is 1. The summed E-state index contributed by atoms with van der Waals surface area (Å²) in [6, 6.07) is 9.82. The summed E-state index contributed by atoms with van der Waals surface area (Å²) >= 11 is 0. The van der Waals surface area contributed by atoms with Gasteiger partial charge in [-0.25, -0.2) is 0 Å². The van der Waals surface area contributed by atoms with Crippen LogP contribution in [0.25, 0.3) is 0 Å². The predicted octanol–water partition coefficient (Wildman–Crippen LogP) is 1.93. The first-order chi connectivity index (χ1) is 9.56. The van der Waals surface area contributed by atoms with Gasteiger partial charge in [-0.3, -0.25) is 9.59 Å². The van der Waals surface area contributed by atoms with Crippen LogP contribution in [0.3, 0.4) is 0 Å². The first-order valence-electron chi connectivity index (χ1n) is 6.07. The Kier molecular flexibility index (Phi) is 4.14. The van der Waals surface area contributed by atoms with E-state index >= 15 is 0 Å². The van der Waals surface area contributed by atoms with Gasteiger partial charge in [0.1, 0.15) is 5.76 Å². The highest BCUT2D eigenvalue weighted by Crippen LogP contribution is 2.17. The highest BCUT2D eigenvalue weighted by Gasteiger charge is 2.20. The molecule has 0 radical (unpaired) electrons. The molecule has 1 aromatic heterocycles. The first kappa shape index (κ1) is 13.8. The van der Waals surface area contributed by atoms with E-state index in [0.29, 0.717) is 5.76 Å². The number of hydrogen-bond acceptors (Lipinski definition) is 4. The average Bonchev–Trinajstić information content (AvgIpc) is 2.85. The molecule has 2 aromatic rings. The number of aryl methyl sites for hydroxylation is 1. The third-order valence-corrected chi connectivity index (χ3v) is 2.75. The molecule has 1 heterocycles. The Morgan fingerprint density at radius 3 is 2.60 bits per heavy atom. The molecule has 0 fully saturated rings. The van der Waals surface area contributed by atoms with Gasteiger partial charge in [-0.05, 0) is 12.5 Å². The Morgan fingerprint density at radius 1 is 1.35 bits per heavy atom. The van der Waals surface area contributed by atoms with Crippen molar-refractivity contribution >= 4 is 11.9 Å². The molecular weight excluding hydrogens is 260 g/mol. The molecule has 0 saturated heterocycles. The van der Waals surface area contributed by atoms with Gasteiger partial charge in [0.25, 0.3) is 5.91 Å². The molecule has 20 heavy (non-hydrogen) atoms. The number of aromatic nitrogens is 1. The van der Waals surface area contributed by atoms with E-state index in [1.165, 1.54) is 6.07 Å². The molecule has 1 unspecified atom stereocenters. The van der Waals surface area contributed by atoms with Gasteiger partial charge in [-0.2, -0.15) is 0 Å². The zero-order valence-electron chi connectivity index (χ0n) is 10.9. The van der Waals surface area contributed by atoms with Gasteiger partial charge >= 0.3 is 5.97 Å². The number of carbonyl (C=O) groups excluding carboxylic acids is 1. The van der Waals surface area contributed by atoms with Crippen LogP contribution < -0.4 is 5.32 Å². The maximum absolute atomic E-state index is 12.0. The van der Waals surface area contributed by atoms with Crippen LogP contribution in [-0.2, 0) is 4.79 Å². The molecule has 6 heteroatoms. The van der Waals surface area contributed by atoms with E-state index in [2.05, 4.69) is 10.5 Å². The van der Waals surface area contributed by atoms with Crippen molar-refractivity contribution in [1.82, 2.24) is 10.5 Å². The zero-order valence-corrected chi connectivity index (χ0v) is 10.9. The number of rotatable bonds is 5. The minimum atomic E-state index is -0.990. The van der Waals surface area contributed by atoms with Crippen LogP contribution in [0.15, 0.2) is 40.9 Å². The first-order valence-corrected chi connectivity index (χ1v) is 6.07. The van der Waals surface area contributed by atoms with Crippen molar-refractivity contribution in [2.24, 2.45) is 0 Å². The Morgan fingerprint density at radius 2 is 2.05 bits per heavy atom. The molecule has 0 spiro atoms. The summed E-state index contributed by atoms with van der Waals surface area (Å²) in [6.07, 6.45) is -0.202. The van der Waals surface area contributed by atoms with Crippen molar-refractivity contribution in [3.05, 3.63) is 53.4 Å². The SMILES string of the molecule is Cc1cc(C(=O)NC(CC(=O)O)c2ccccc2)no1. The summed E-state index contributed by atoms with van der Waals surface area (Å²) in [5.74, 6) is -0.933. The summed E-state index contributed by atoms with van der Waals surface area (Å²) in [7, 11) is 0. The lowest BCUT2D eigenvalue weighted by atomic mass is 10.0. The minimum absolute atomic E-state index is 0.133. The fraction of sp³-hybridized carbons (Fsp3) is 0.214. The van der Waals surface area contributed by atoms with Gasteiger partial charge in [0.15, 0.2) is 5.69 Å². The van der Waals surface area contributed by atoms with Gasteiger partial charge in [-0.15, -0.1) is 0 Å². The van der Waals surface area contributed by atoms with Crippen molar-refractivity contribution in [2.75, 3.05) is 0 Å². The number of aliphatic carboxylic acids is 1.